The number of nitro benzene ring substituents is 1. The molecular formula is C12H10ClNO4. The van der Waals surface area contributed by atoms with Crippen molar-refractivity contribution in [2.75, 3.05) is 0 Å². The lowest BCUT2D eigenvalue weighted by Gasteiger charge is -2.09. The molecule has 0 saturated carbocycles. The van der Waals surface area contributed by atoms with Crippen LogP contribution in [0.5, 0.6) is 0 Å². The molecule has 0 saturated heterocycles. The van der Waals surface area contributed by atoms with Crippen LogP contribution in [0.15, 0.2) is 41.0 Å². The van der Waals surface area contributed by atoms with Gasteiger partial charge in [-0.1, -0.05) is 18.2 Å². The summed E-state index contributed by atoms with van der Waals surface area (Å²) in [6.45, 7) is 0. The monoisotopic (exact) mass is 267 g/mol. The number of para-hydroxylation sites is 1. The van der Waals surface area contributed by atoms with Crippen molar-refractivity contribution in [1.29, 1.82) is 0 Å². The van der Waals surface area contributed by atoms with Gasteiger partial charge in [-0.05, 0) is 17.7 Å². The van der Waals surface area contributed by atoms with E-state index in [4.69, 9.17) is 16.0 Å². The zero-order chi connectivity index (χ0) is 13.1. The van der Waals surface area contributed by atoms with Gasteiger partial charge in [0.2, 0.25) is 0 Å². The zero-order valence-electron chi connectivity index (χ0n) is 9.25. The van der Waals surface area contributed by atoms with Crippen LogP contribution in [0.2, 0.25) is 5.22 Å². The van der Waals surface area contributed by atoms with Crippen molar-refractivity contribution >= 4 is 17.3 Å². The minimum Gasteiger partial charge on any atom is -0.453 e. The van der Waals surface area contributed by atoms with E-state index in [1.165, 1.54) is 12.3 Å². The van der Waals surface area contributed by atoms with Crippen molar-refractivity contribution in [1.82, 2.24) is 0 Å². The quantitative estimate of drug-likeness (QED) is 0.682. The van der Waals surface area contributed by atoms with E-state index in [0.29, 0.717) is 11.1 Å². The molecule has 18 heavy (non-hydrogen) atoms. The highest BCUT2D eigenvalue weighted by atomic mass is 35.5. The molecule has 0 bridgehead atoms. The minimum absolute atomic E-state index is 0.0174. The van der Waals surface area contributed by atoms with Gasteiger partial charge < -0.3 is 9.52 Å². The molecule has 0 aliphatic rings. The highest BCUT2D eigenvalue weighted by molar-refractivity contribution is 6.29. The largest absolute Gasteiger partial charge is 0.453 e. The molecule has 0 radical (unpaired) electrons. The molecule has 0 aliphatic carbocycles. The number of hydrogen-bond acceptors (Lipinski definition) is 4. The van der Waals surface area contributed by atoms with Crippen LogP contribution in [0.3, 0.4) is 0 Å². The normalized spacial score (nSPS) is 12.3. The van der Waals surface area contributed by atoms with Crippen LogP contribution < -0.4 is 0 Å². The van der Waals surface area contributed by atoms with Crippen molar-refractivity contribution in [3.05, 3.63) is 63.1 Å². The minimum atomic E-state index is -0.933. The lowest BCUT2D eigenvalue weighted by atomic mass is 10.0. The fourth-order valence-corrected chi connectivity index (χ4v) is 1.96. The SMILES string of the molecule is O=[N+]([O-])c1ccccc1CC(O)c1ccoc1Cl. The Morgan fingerprint density at radius 1 is 1.39 bits per heavy atom. The molecule has 0 spiro atoms. The summed E-state index contributed by atoms with van der Waals surface area (Å²) in [5, 5.41) is 20.9. The molecule has 1 N–H and O–H groups in total. The third-order valence-corrected chi connectivity index (χ3v) is 2.91. The van der Waals surface area contributed by atoms with Crippen LogP contribution in [0.1, 0.15) is 17.2 Å². The summed E-state index contributed by atoms with van der Waals surface area (Å²) in [4.78, 5) is 10.4. The second kappa shape index (κ2) is 5.20. The Hall–Kier alpha value is -1.85. The maximum atomic E-state index is 10.8. The van der Waals surface area contributed by atoms with E-state index in [1.54, 1.807) is 24.3 Å². The summed E-state index contributed by atoms with van der Waals surface area (Å²) in [5.41, 5.74) is 0.859. The number of benzene rings is 1. The molecule has 6 heteroatoms. The first-order valence-electron chi connectivity index (χ1n) is 5.23. The molecule has 0 aliphatic heterocycles. The van der Waals surface area contributed by atoms with Gasteiger partial charge in [-0.25, -0.2) is 0 Å². The average Bonchev–Trinajstić information content (AvgIpc) is 2.76. The van der Waals surface area contributed by atoms with Gasteiger partial charge in [-0.2, -0.15) is 0 Å². The average molecular weight is 268 g/mol. The Morgan fingerprint density at radius 3 is 2.72 bits per heavy atom. The highest BCUT2D eigenvalue weighted by Gasteiger charge is 2.19. The predicted octanol–water partition coefficient (Wildman–Crippen LogP) is 3.12. The van der Waals surface area contributed by atoms with E-state index in [-0.39, 0.29) is 17.3 Å². The molecule has 1 aromatic heterocycles. The fraction of sp³-hybridized carbons (Fsp3) is 0.167. The van der Waals surface area contributed by atoms with Crippen LogP contribution in [0, 0.1) is 10.1 Å². The fourth-order valence-electron chi connectivity index (χ4n) is 1.72. The van der Waals surface area contributed by atoms with Crippen molar-refractivity contribution in [3.63, 3.8) is 0 Å². The maximum Gasteiger partial charge on any atom is 0.272 e. The lowest BCUT2D eigenvalue weighted by molar-refractivity contribution is -0.385. The van der Waals surface area contributed by atoms with Gasteiger partial charge in [0.1, 0.15) is 0 Å². The van der Waals surface area contributed by atoms with Gasteiger partial charge in [0.05, 0.1) is 17.3 Å². The number of halogens is 1. The summed E-state index contributed by atoms with van der Waals surface area (Å²) in [5.74, 6) is 0. The van der Waals surface area contributed by atoms with E-state index in [9.17, 15) is 15.2 Å². The summed E-state index contributed by atoms with van der Waals surface area (Å²) in [6.07, 6.45) is 0.536. The number of hydrogen-bond donors (Lipinski definition) is 1. The van der Waals surface area contributed by atoms with Crippen LogP contribution >= 0.6 is 11.6 Å². The smallest absolute Gasteiger partial charge is 0.272 e. The first-order chi connectivity index (χ1) is 8.59. The Morgan fingerprint density at radius 2 is 2.11 bits per heavy atom. The Bertz CT molecular complexity index is 567. The molecule has 0 amide bonds. The summed E-state index contributed by atoms with van der Waals surface area (Å²) < 4.78 is 4.87. The van der Waals surface area contributed by atoms with Gasteiger partial charge in [0.15, 0.2) is 5.22 Å². The number of rotatable bonds is 4. The molecule has 1 heterocycles. The van der Waals surface area contributed by atoms with E-state index in [1.807, 2.05) is 0 Å². The van der Waals surface area contributed by atoms with Crippen molar-refractivity contribution < 1.29 is 14.4 Å². The first kappa shape index (κ1) is 12.6. The van der Waals surface area contributed by atoms with E-state index in [0.717, 1.165) is 0 Å². The summed E-state index contributed by atoms with van der Waals surface area (Å²) >= 11 is 5.74. The van der Waals surface area contributed by atoms with Gasteiger partial charge in [0.25, 0.3) is 5.69 Å². The third kappa shape index (κ3) is 2.52. The Kier molecular flexibility index (Phi) is 3.64. The van der Waals surface area contributed by atoms with E-state index in [2.05, 4.69) is 0 Å². The van der Waals surface area contributed by atoms with E-state index < -0.39 is 11.0 Å². The molecule has 1 aromatic carbocycles. The van der Waals surface area contributed by atoms with Crippen LogP contribution in [0.25, 0.3) is 0 Å². The lowest BCUT2D eigenvalue weighted by Crippen LogP contribution is -2.03. The van der Waals surface area contributed by atoms with Crippen LogP contribution in [0.4, 0.5) is 5.69 Å². The molecule has 94 valence electrons. The van der Waals surface area contributed by atoms with Crippen LogP contribution in [-0.4, -0.2) is 10.0 Å². The van der Waals surface area contributed by atoms with Gasteiger partial charge in [-0.3, -0.25) is 10.1 Å². The highest BCUT2D eigenvalue weighted by Crippen LogP contribution is 2.29. The molecule has 1 atom stereocenters. The van der Waals surface area contributed by atoms with Gasteiger partial charge in [0, 0.05) is 23.6 Å². The third-order valence-electron chi connectivity index (χ3n) is 2.61. The predicted molar refractivity (Wildman–Crippen MR) is 65.5 cm³/mol. The topological polar surface area (TPSA) is 76.5 Å². The van der Waals surface area contributed by atoms with Gasteiger partial charge in [-0.15, -0.1) is 0 Å². The number of nitro groups is 1. The number of aliphatic hydroxyl groups is 1. The number of aliphatic hydroxyl groups excluding tert-OH is 1. The standard InChI is InChI=1S/C12H10ClNO4/c13-12-9(5-6-18-12)11(15)7-8-3-1-2-4-10(8)14(16)17/h1-6,11,15H,7H2. The number of nitrogens with zero attached hydrogens (tertiary/aromatic N) is 1. The second-order valence-corrected chi connectivity index (χ2v) is 4.10. The second-order valence-electron chi connectivity index (χ2n) is 3.76. The van der Waals surface area contributed by atoms with Crippen molar-refractivity contribution in [3.8, 4) is 0 Å². The molecule has 2 aromatic rings. The molecule has 5 nitrogen and oxygen atoms in total. The van der Waals surface area contributed by atoms with Crippen LogP contribution in [-0.2, 0) is 6.42 Å². The van der Waals surface area contributed by atoms with Crippen molar-refractivity contribution in [2.45, 2.75) is 12.5 Å². The van der Waals surface area contributed by atoms with E-state index >= 15 is 0 Å². The summed E-state index contributed by atoms with van der Waals surface area (Å²) in [7, 11) is 0. The maximum absolute atomic E-state index is 10.8. The molecule has 1 unspecified atom stereocenters. The van der Waals surface area contributed by atoms with Crippen molar-refractivity contribution in [2.24, 2.45) is 0 Å². The number of furan rings is 1. The Labute approximate surface area is 108 Å². The Balaban J connectivity index is 2.25. The molecule has 0 fully saturated rings. The van der Waals surface area contributed by atoms with Gasteiger partial charge >= 0.3 is 0 Å². The first-order valence-corrected chi connectivity index (χ1v) is 5.60. The molecule has 2 rings (SSSR count). The zero-order valence-corrected chi connectivity index (χ0v) is 10.0. The molecular weight excluding hydrogens is 258 g/mol. The summed E-state index contributed by atoms with van der Waals surface area (Å²) in [6, 6.07) is 7.82.